The fourth-order valence-corrected chi connectivity index (χ4v) is 2.06. The molecule has 0 aromatic heterocycles. The van der Waals surface area contributed by atoms with Crippen molar-refractivity contribution in [3.8, 4) is 5.75 Å². The van der Waals surface area contributed by atoms with Gasteiger partial charge >= 0.3 is 0 Å². The minimum atomic E-state index is -0.605. The Morgan fingerprint density at radius 3 is 2.43 bits per heavy atom. The summed E-state index contributed by atoms with van der Waals surface area (Å²) in [4.78, 5) is 22.2. The number of nitro groups is 1. The number of benzene rings is 2. The number of carbonyl (C=O) groups excluding carboxylic acids is 1. The number of nitrogens with one attached hydrogen (secondary N) is 1. The van der Waals surface area contributed by atoms with Gasteiger partial charge in [0.25, 0.3) is 5.69 Å². The Morgan fingerprint density at radius 1 is 1.13 bits per heavy atom. The van der Waals surface area contributed by atoms with Gasteiger partial charge in [0.05, 0.1) is 18.0 Å². The second kappa shape index (κ2) is 7.80. The number of hydrogen-bond donors (Lipinski definition) is 1. The van der Waals surface area contributed by atoms with E-state index < -0.39 is 10.8 Å². The van der Waals surface area contributed by atoms with Crippen LogP contribution in [0, 0.1) is 10.1 Å². The van der Waals surface area contributed by atoms with Gasteiger partial charge in [-0.15, -0.1) is 0 Å². The van der Waals surface area contributed by atoms with Crippen LogP contribution in [-0.2, 0) is 4.79 Å². The van der Waals surface area contributed by atoms with Gasteiger partial charge < -0.3 is 10.1 Å². The highest BCUT2D eigenvalue weighted by molar-refractivity contribution is 6.31. The van der Waals surface area contributed by atoms with E-state index in [4.69, 9.17) is 27.9 Å². The van der Waals surface area contributed by atoms with E-state index in [9.17, 15) is 14.9 Å². The van der Waals surface area contributed by atoms with Gasteiger partial charge in [-0.1, -0.05) is 23.2 Å². The van der Waals surface area contributed by atoms with E-state index >= 15 is 0 Å². The molecule has 0 saturated heterocycles. The van der Waals surface area contributed by atoms with E-state index in [2.05, 4.69) is 5.32 Å². The SMILES string of the molecule is O=C(CCOc1ccc(Cl)cc1)Nc1ccc(Cl)cc1[N+](=O)[O-]. The highest BCUT2D eigenvalue weighted by Crippen LogP contribution is 2.27. The molecule has 2 aromatic rings. The fraction of sp³-hybridized carbons (Fsp3) is 0.133. The smallest absolute Gasteiger partial charge is 0.294 e. The molecule has 23 heavy (non-hydrogen) atoms. The van der Waals surface area contributed by atoms with E-state index in [0.29, 0.717) is 10.8 Å². The van der Waals surface area contributed by atoms with E-state index in [1.807, 2.05) is 0 Å². The summed E-state index contributed by atoms with van der Waals surface area (Å²) in [6.45, 7) is 0.134. The van der Waals surface area contributed by atoms with Crippen LogP contribution in [0.25, 0.3) is 0 Å². The minimum Gasteiger partial charge on any atom is -0.493 e. The van der Waals surface area contributed by atoms with Crippen molar-refractivity contribution in [2.75, 3.05) is 11.9 Å². The Labute approximate surface area is 142 Å². The van der Waals surface area contributed by atoms with Crippen LogP contribution >= 0.6 is 23.2 Å². The molecule has 0 radical (unpaired) electrons. The first-order valence-electron chi connectivity index (χ1n) is 6.58. The molecule has 1 amide bonds. The molecule has 8 heteroatoms. The second-order valence-corrected chi connectivity index (χ2v) is 5.39. The van der Waals surface area contributed by atoms with Gasteiger partial charge in [0.2, 0.25) is 5.91 Å². The molecule has 1 N–H and O–H groups in total. The first kappa shape index (κ1) is 17.1. The van der Waals surface area contributed by atoms with Crippen molar-refractivity contribution >= 4 is 40.5 Å². The van der Waals surface area contributed by atoms with Crippen molar-refractivity contribution in [3.63, 3.8) is 0 Å². The van der Waals surface area contributed by atoms with E-state index in [1.54, 1.807) is 24.3 Å². The predicted molar refractivity (Wildman–Crippen MR) is 88.3 cm³/mol. The number of amides is 1. The maximum Gasteiger partial charge on any atom is 0.294 e. The molecule has 2 aromatic carbocycles. The molecule has 6 nitrogen and oxygen atoms in total. The molecule has 0 aliphatic carbocycles. The number of halogens is 2. The van der Waals surface area contributed by atoms with Gasteiger partial charge in [-0.05, 0) is 36.4 Å². The number of hydrogen-bond acceptors (Lipinski definition) is 4. The molecule has 120 valence electrons. The molecular formula is C15H12Cl2N2O4. The highest BCUT2D eigenvalue weighted by Gasteiger charge is 2.16. The molecule has 0 saturated carbocycles. The third-order valence-corrected chi connectivity index (χ3v) is 3.33. The summed E-state index contributed by atoms with van der Waals surface area (Å²) in [5, 5.41) is 14.2. The van der Waals surface area contributed by atoms with Gasteiger partial charge in [-0.25, -0.2) is 0 Å². The molecule has 0 fully saturated rings. The van der Waals surface area contributed by atoms with Gasteiger partial charge in [0, 0.05) is 16.1 Å². The fourth-order valence-electron chi connectivity index (χ4n) is 1.77. The molecule has 0 spiro atoms. The third kappa shape index (κ3) is 5.12. The number of anilines is 1. The normalized spacial score (nSPS) is 10.2. The van der Waals surface area contributed by atoms with Crippen LogP contribution in [0.15, 0.2) is 42.5 Å². The van der Waals surface area contributed by atoms with Gasteiger partial charge in [0.15, 0.2) is 0 Å². The number of nitrogens with zero attached hydrogens (tertiary/aromatic N) is 1. The summed E-state index contributed by atoms with van der Waals surface area (Å²) in [6, 6.07) is 10.8. The van der Waals surface area contributed by atoms with Crippen LogP contribution in [0.1, 0.15) is 6.42 Å². The van der Waals surface area contributed by atoms with Crippen LogP contribution in [0.5, 0.6) is 5.75 Å². The number of carbonyl (C=O) groups is 1. The second-order valence-electron chi connectivity index (χ2n) is 4.52. The van der Waals surface area contributed by atoms with Crippen LogP contribution in [0.2, 0.25) is 10.0 Å². The van der Waals surface area contributed by atoms with Crippen molar-refractivity contribution in [3.05, 3.63) is 62.6 Å². The van der Waals surface area contributed by atoms with Crippen LogP contribution in [0.4, 0.5) is 11.4 Å². The Bertz CT molecular complexity index is 720. The van der Waals surface area contributed by atoms with E-state index in [0.717, 1.165) is 0 Å². The average molecular weight is 355 g/mol. The van der Waals surface area contributed by atoms with Crippen molar-refractivity contribution < 1.29 is 14.5 Å². The number of ether oxygens (including phenoxy) is 1. The summed E-state index contributed by atoms with van der Waals surface area (Å²) in [6.07, 6.45) is 0.0441. The molecular weight excluding hydrogens is 343 g/mol. The van der Waals surface area contributed by atoms with E-state index in [-0.39, 0.29) is 29.4 Å². The monoisotopic (exact) mass is 354 g/mol. The van der Waals surface area contributed by atoms with Crippen molar-refractivity contribution in [2.45, 2.75) is 6.42 Å². The average Bonchev–Trinajstić information content (AvgIpc) is 2.51. The summed E-state index contributed by atoms with van der Waals surface area (Å²) in [7, 11) is 0. The number of nitro benzene ring substituents is 1. The third-order valence-electron chi connectivity index (χ3n) is 2.84. The Morgan fingerprint density at radius 2 is 1.78 bits per heavy atom. The van der Waals surface area contributed by atoms with Crippen molar-refractivity contribution in [2.24, 2.45) is 0 Å². The van der Waals surface area contributed by atoms with Gasteiger partial charge in [-0.2, -0.15) is 0 Å². The minimum absolute atomic E-state index is 0.0441. The quantitative estimate of drug-likeness (QED) is 0.618. The molecule has 0 aliphatic rings. The summed E-state index contributed by atoms with van der Waals surface area (Å²) in [5.74, 6) is 0.184. The van der Waals surface area contributed by atoms with Crippen LogP contribution in [0.3, 0.4) is 0 Å². The largest absolute Gasteiger partial charge is 0.493 e. The first-order chi connectivity index (χ1) is 11.0. The Balaban J connectivity index is 1.90. The van der Waals surface area contributed by atoms with Gasteiger partial charge in [-0.3, -0.25) is 14.9 Å². The zero-order chi connectivity index (χ0) is 16.8. The standard InChI is InChI=1S/C15H12Cl2N2O4/c16-10-1-4-12(5-2-10)23-8-7-15(20)18-13-6-3-11(17)9-14(13)19(21)22/h1-6,9H,7-8H2,(H,18,20). The lowest BCUT2D eigenvalue weighted by molar-refractivity contribution is -0.383. The van der Waals surface area contributed by atoms with E-state index in [1.165, 1.54) is 18.2 Å². The van der Waals surface area contributed by atoms with Crippen LogP contribution < -0.4 is 10.1 Å². The predicted octanol–water partition coefficient (Wildman–Crippen LogP) is 4.31. The van der Waals surface area contributed by atoms with Crippen LogP contribution in [-0.4, -0.2) is 17.4 Å². The highest BCUT2D eigenvalue weighted by atomic mass is 35.5. The molecule has 0 unspecified atom stereocenters. The summed E-state index contributed by atoms with van der Waals surface area (Å²) < 4.78 is 5.39. The Hall–Kier alpha value is -2.31. The molecule has 0 aliphatic heterocycles. The first-order valence-corrected chi connectivity index (χ1v) is 7.33. The maximum absolute atomic E-state index is 11.8. The van der Waals surface area contributed by atoms with Gasteiger partial charge in [0.1, 0.15) is 11.4 Å². The lowest BCUT2D eigenvalue weighted by Gasteiger charge is -2.08. The zero-order valence-corrected chi connectivity index (χ0v) is 13.3. The lowest BCUT2D eigenvalue weighted by atomic mass is 10.2. The molecule has 0 heterocycles. The topological polar surface area (TPSA) is 81.5 Å². The van der Waals surface area contributed by atoms with Crippen molar-refractivity contribution in [1.82, 2.24) is 0 Å². The number of rotatable bonds is 6. The zero-order valence-electron chi connectivity index (χ0n) is 11.8. The maximum atomic E-state index is 11.8. The summed E-state index contributed by atoms with van der Waals surface area (Å²) in [5.41, 5.74) is -0.166. The Kier molecular flexibility index (Phi) is 5.78. The van der Waals surface area contributed by atoms with Crippen molar-refractivity contribution in [1.29, 1.82) is 0 Å². The molecule has 0 bridgehead atoms. The summed E-state index contributed by atoms with van der Waals surface area (Å²) >= 11 is 11.5. The lowest BCUT2D eigenvalue weighted by Crippen LogP contribution is -2.16. The molecule has 2 rings (SSSR count). The molecule has 0 atom stereocenters.